The van der Waals surface area contributed by atoms with E-state index in [-0.39, 0.29) is 11.2 Å². The summed E-state index contributed by atoms with van der Waals surface area (Å²) in [5.41, 5.74) is 8.61. The first-order valence-corrected chi connectivity index (χ1v) is 10.4. The molecule has 3 aromatic carbocycles. The van der Waals surface area contributed by atoms with Crippen LogP contribution in [0.3, 0.4) is 0 Å². The van der Waals surface area contributed by atoms with Gasteiger partial charge in [-0.3, -0.25) is 4.79 Å². The Morgan fingerprint density at radius 2 is 1.67 bits per heavy atom. The van der Waals surface area contributed by atoms with E-state index in [2.05, 4.69) is 75.0 Å². The van der Waals surface area contributed by atoms with E-state index < -0.39 is 0 Å². The highest BCUT2D eigenvalue weighted by Crippen LogP contribution is 2.49. The van der Waals surface area contributed by atoms with E-state index in [1.165, 1.54) is 22.3 Å². The third-order valence-corrected chi connectivity index (χ3v) is 6.17. The Bertz CT molecular complexity index is 973. The third-order valence-electron chi connectivity index (χ3n) is 4.41. The van der Waals surface area contributed by atoms with Gasteiger partial charge in [-0.1, -0.05) is 76.6 Å². The average molecular weight is 437 g/mol. The van der Waals surface area contributed by atoms with Gasteiger partial charge >= 0.3 is 0 Å². The minimum absolute atomic E-state index is 0.104. The van der Waals surface area contributed by atoms with Gasteiger partial charge in [0.1, 0.15) is 0 Å². The highest BCUT2D eigenvalue weighted by molar-refractivity contribution is 9.10. The predicted octanol–water partition coefficient (Wildman–Crippen LogP) is 5.40. The molecular weight excluding hydrogens is 420 g/mol. The normalized spacial score (nSPS) is 12.8. The Morgan fingerprint density at radius 1 is 1.00 bits per heavy atom. The Labute approximate surface area is 171 Å². The minimum atomic E-state index is -0.104. The second-order valence-corrected chi connectivity index (χ2v) is 8.22. The first-order chi connectivity index (χ1) is 13.2. The van der Waals surface area contributed by atoms with Crippen molar-refractivity contribution in [1.82, 2.24) is 5.43 Å². The van der Waals surface area contributed by atoms with Crippen LogP contribution < -0.4 is 5.43 Å². The summed E-state index contributed by atoms with van der Waals surface area (Å²) < 4.78 is 0.979. The molecule has 27 heavy (non-hydrogen) atoms. The van der Waals surface area contributed by atoms with Crippen LogP contribution in [0.4, 0.5) is 0 Å². The molecule has 5 heteroatoms. The molecule has 0 aromatic heterocycles. The number of fused-ring (bicyclic) bond motifs is 3. The van der Waals surface area contributed by atoms with Crippen molar-refractivity contribution in [2.75, 3.05) is 5.75 Å². The SMILES string of the molecule is O=C(CSC1c2ccccc2-c2ccccc21)N/N=C\c1cccc(Br)c1. The first kappa shape index (κ1) is 18.0. The van der Waals surface area contributed by atoms with E-state index in [4.69, 9.17) is 0 Å². The van der Waals surface area contributed by atoms with Gasteiger partial charge in [-0.25, -0.2) is 5.43 Å². The zero-order valence-corrected chi connectivity index (χ0v) is 16.8. The van der Waals surface area contributed by atoms with Gasteiger partial charge in [-0.2, -0.15) is 5.10 Å². The predicted molar refractivity (Wildman–Crippen MR) is 116 cm³/mol. The second-order valence-electron chi connectivity index (χ2n) is 6.21. The Morgan fingerprint density at radius 3 is 2.33 bits per heavy atom. The summed E-state index contributed by atoms with van der Waals surface area (Å²) in [5.74, 6) is 0.247. The molecular formula is C22H17BrN2OS. The van der Waals surface area contributed by atoms with E-state index >= 15 is 0 Å². The lowest BCUT2D eigenvalue weighted by Crippen LogP contribution is -2.20. The quantitative estimate of drug-likeness (QED) is 0.429. The summed E-state index contributed by atoms with van der Waals surface area (Å²) in [6.07, 6.45) is 1.65. The zero-order chi connectivity index (χ0) is 18.6. The smallest absolute Gasteiger partial charge is 0.250 e. The summed E-state index contributed by atoms with van der Waals surface area (Å²) in [7, 11) is 0. The van der Waals surface area contributed by atoms with Crippen molar-refractivity contribution in [2.24, 2.45) is 5.10 Å². The number of hydrazone groups is 1. The maximum Gasteiger partial charge on any atom is 0.250 e. The molecule has 134 valence electrons. The molecule has 0 heterocycles. The van der Waals surface area contributed by atoms with E-state index in [0.717, 1.165) is 10.0 Å². The summed E-state index contributed by atoms with van der Waals surface area (Å²) in [5, 5.41) is 4.24. The van der Waals surface area contributed by atoms with Crippen molar-refractivity contribution in [3.05, 3.63) is 94.0 Å². The Balaban J connectivity index is 1.41. The number of thioether (sulfide) groups is 1. The number of halogens is 1. The van der Waals surface area contributed by atoms with Crippen molar-refractivity contribution >= 4 is 39.8 Å². The molecule has 0 unspecified atom stereocenters. The van der Waals surface area contributed by atoms with Crippen LogP contribution in [0.2, 0.25) is 0 Å². The molecule has 0 atom stereocenters. The molecule has 1 aliphatic carbocycles. The summed E-state index contributed by atoms with van der Waals surface area (Å²) in [6.45, 7) is 0. The number of hydrogen-bond donors (Lipinski definition) is 1. The van der Waals surface area contributed by atoms with E-state index in [9.17, 15) is 4.79 Å². The Hall–Kier alpha value is -2.37. The second kappa shape index (κ2) is 8.11. The van der Waals surface area contributed by atoms with Crippen LogP contribution in [0.5, 0.6) is 0 Å². The molecule has 0 aliphatic heterocycles. The van der Waals surface area contributed by atoms with Crippen LogP contribution in [0.15, 0.2) is 82.4 Å². The van der Waals surface area contributed by atoms with E-state index in [1.807, 2.05) is 24.3 Å². The molecule has 1 aliphatic rings. The van der Waals surface area contributed by atoms with Gasteiger partial charge in [0.05, 0.1) is 17.2 Å². The molecule has 0 radical (unpaired) electrons. The number of rotatable bonds is 5. The fourth-order valence-electron chi connectivity index (χ4n) is 3.25. The molecule has 0 fully saturated rings. The lowest BCUT2D eigenvalue weighted by Gasteiger charge is -2.12. The highest BCUT2D eigenvalue weighted by atomic mass is 79.9. The third kappa shape index (κ3) is 3.99. The van der Waals surface area contributed by atoms with Gasteiger partial charge in [0, 0.05) is 4.47 Å². The Kier molecular flexibility index (Phi) is 5.41. The minimum Gasteiger partial charge on any atom is -0.272 e. The van der Waals surface area contributed by atoms with Crippen molar-refractivity contribution in [2.45, 2.75) is 5.25 Å². The molecule has 3 nitrogen and oxygen atoms in total. The fraction of sp³-hybridized carbons (Fsp3) is 0.0909. The monoisotopic (exact) mass is 436 g/mol. The van der Waals surface area contributed by atoms with Gasteiger partial charge in [0.25, 0.3) is 0 Å². The maximum atomic E-state index is 12.2. The van der Waals surface area contributed by atoms with Crippen molar-refractivity contribution in [1.29, 1.82) is 0 Å². The number of nitrogens with zero attached hydrogens (tertiary/aromatic N) is 1. The molecule has 4 rings (SSSR count). The summed E-state index contributed by atoms with van der Waals surface area (Å²) in [4.78, 5) is 12.2. The van der Waals surface area contributed by atoms with Crippen LogP contribution in [0.25, 0.3) is 11.1 Å². The first-order valence-electron chi connectivity index (χ1n) is 8.59. The summed E-state index contributed by atoms with van der Waals surface area (Å²) >= 11 is 5.05. The van der Waals surface area contributed by atoms with Gasteiger partial charge in [0.15, 0.2) is 0 Å². The molecule has 0 spiro atoms. The number of hydrogen-bond acceptors (Lipinski definition) is 3. The highest BCUT2D eigenvalue weighted by Gasteiger charge is 2.28. The topological polar surface area (TPSA) is 41.5 Å². The van der Waals surface area contributed by atoms with Crippen LogP contribution in [-0.2, 0) is 4.79 Å². The van der Waals surface area contributed by atoms with Crippen LogP contribution >= 0.6 is 27.7 Å². The molecule has 0 bridgehead atoms. The maximum absolute atomic E-state index is 12.2. The molecule has 1 N–H and O–H groups in total. The zero-order valence-electron chi connectivity index (χ0n) is 14.4. The van der Waals surface area contributed by atoms with Gasteiger partial charge in [-0.05, 0) is 39.9 Å². The van der Waals surface area contributed by atoms with Crippen molar-refractivity contribution in [3.8, 4) is 11.1 Å². The number of carbonyl (C=O) groups excluding carboxylic acids is 1. The lowest BCUT2D eigenvalue weighted by molar-refractivity contribution is -0.118. The molecule has 0 saturated heterocycles. The fourth-order valence-corrected chi connectivity index (χ4v) is 4.82. The number of carbonyl (C=O) groups is 1. The van der Waals surface area contributed by atoms with Crippen LogP contribution in [0, 0.1) is 0 Å². The van der Waals surface area contributed by atoms with Crippen LogP contribution in [-0.4, -0.2) is 17.9 Å². The van der Waals surface area contributed by atoms with Crippen LogP contribution in [0.1, 0.15) is 21.9 Å². The van der Waals surface area contributed by atoms with Gasteiger partial charge in [0.2, 0.25) is 5.91 Å². The molecule has 1 amide bonds. The van der Waals surface area contributed by atoms with Gasteiger partial charge < -0.3 is 0 Å². The van der Waals surface area contributed by atoms with E-state index in [0.29, 0.717) is 5.75 Å². The number of benzene rings is 3. The number of amides is 1. The van der Waals surface area contributed by atoms with Gasteiger partial charge in [-0.15, -0.1) is 11.8 Å². The van der Waals surface area contributed by atoms with E-state index in [1.54, 1.807) is 18.0 Å². The average Bonchev–Trinajstić information content (AvgIpc) is 3.00. The standard InChI is InChI=1S/C22H17BrN2OS/c23-16-7-5-6-15(12-16)13-24-25-21(26)14-27-22-19-10-3-1-8-17(19)18-9-2-4-11-20(18)22/h1-13,22H,14H2,(H,25,26)/b24-13-. The lowest BCUT2D eigenvalue weighted by atomic mass is 10.1. The van der Waals surface area contributed by atoms with Crippen molar-refractivity contribution < 1.29 is 4.79 Å². The molecule has 0 saturated carbocycles. The van der Waals surface area contributed by atoms with Crippen molar-refractivity contribution in [3.63, 3.8) is 0 Å². The number of nitrogens with one attached hydrogen (secondary N) is 1. The molecule has 3 aromatic rings. The largest absolute Gasteiger partial charge is 0.272 e. The summed E-state index contributed by atoms with van der Waals surface area (Å²) in [6, 6.07) is 24.6.